The van der Waals surface area contributed by atoms with Gasteiger partial charge in [0.2, 0.25) is 5.95 Å². The Morgan fingerprint density at radius 2 is 1.87 bits per heavy atom. The first-order valence-corrected chi connectivity index (χ1v) is 11.1. The van der Waals surface area contributed by atoms with Gasteiger partial charge >= 0.3 is 0 Å². The van der Waals surface area contributed by atoms with Crippen LogP contribution in [0.5, 0.6) is 5.75 Å². The summed E-state index contributed by atoms with van der Waals surface area (Å²) in [6.45, 7) is 2.08. The normalized spacial score (nSPS) is 15.0. The quantitative estimate of drug-likeness (QED) is 0.408. The predicted octanol–water partition coefficient (Wildman–Crippen LogP) is 5.97. The average Bonchev–Trinajstić information content (AvgIpc) is 3.04. The minimum absolute atomic E-state index is 0.312. The molecular weight excluding hydrogens is 386 g/mol. The van der Waals surface area contributed by atoms with E-state index in [0.29, 0.717) is 12.1 Å². The summed E-state index contributed by atoms with van der Waals surface area (Å²) in [5.41, 5.74) is 2.90. The second kappa shape index (κ2) is 8.76. The molecule has 0 bridgehead atoms. The van der Waals surface area contributed by atoms with Crippen molar-refractivity contribution < 1.29 is 4.74 Å². The first kappa shape index (κ1) is 19.5. The van der Waals surface area contributed by atoms with Crippen LogP contribution in [0, 0.1) is 6.92 Å². The summed E-state index contributed by atoms with van der Waals surface area (Å²) < 4.78 is 8.28. The third-order valence-corrected chi connectivity index (χ3v) is 5.88. The number of pyridine rings is 1. The SMILES string of the molecule is Cc1ccc(OC2CCCCCC2)cc1Nc1ncc2ccn(-c3ccccn3)c2n1. The number of benzene rings is 1. The van der Waals surface area contributed by atoms with Crippen LogP contribution in [0.1, 0.15) is 44.1 Å². The van der Waals surface area contributed by atoms with Crippen LogP contribution in [-0.4, -0.2) is 25.6 Å². The lowest BCUT2D eigenvalue weighted by atomic mass is 10.1. The van der Waals surface area contributed by atoms with Crippen molar-refractivity contribution in [3.63, 3.8) is 0 Å². The van der Waals surface area contributed by atoms with Crippen molar-refractivity contribution >= 4 is 22.7 Å². The maximum absolute atomic E-state index is 6.31. The van der Waals surface area contributed by atoms with Gasteiger partial charge < -0.3 is 10.1 Å². The molecule has 1 saturated carbocycles. The third kappa shape index (κ3) is 4.38. The second-order valence-electron chi connectivity index (χ2n) is 8.18. The van der Waals surface area contributed by atoms with Crippen LogP contribution in [0.4, 0.5) is 11.6 Å². The van der Waals surface area contributed by atoms with Crippen molar-refractivity contribution in [3.8, 4) is 11.6 Å². The molecule has 0 atom stereocenters. The fourth-order valence-corrected chi connectivity index (χ4v) is 4.14. The van der Waals surface area contributed by atoms with Gasteiger partial charge in [-0.25, -0.2) is 9.97 Å². The van der Waals surface area contributed by atoms with Crippen molar-refractivity contribution in [1.82, 2.24) is 19.5 Å². The molecule has 31 heavy (non-hydrogen) atoms. The Balaban J connectivity index is 1.40. The van der Waals surface area contributed by atoms with Gasteiger partial charge in [0.25, 0.3) is 0 Å². The molecule has 3 aromatic heterocycles. The van der Waals surface area contributed by atoms with Crippen molar-refractivity contribution in [2.24, 2.45) is 0 Å². The molecule has 5 rings (SSSR count). The van der Waals surface area contributed by atoms with Gasteiger partial charge in [0.05, 0.1) is 6.10 Å². The first-order chi connectivity index (χ1) is 15.3. The zero-order valence-electron chi connectivity index (χ0n) is 17.8. The molecule has 0 spiro atoms. The van der Waals surface area contributed by atoms with Crippen molar-refractivity contribution in [3.05, 3.63) is 66.6 Å². The number of aryl methyl sites for hydroxylation is 1. The number of aromatic nitrogens is 4. The van der Waals surface area contributed by atoms with Crippen LogP contribution in [0.3, 0.4) is 0 Å². The maximum Gasteiger partial charge on any atom is 0.229 e. The van der Waals surface area contributed by atoms with E-state index < -0.39 is 0 Å². The fourth-order valence-electron chi connectivity index (χ4n) is 4.14. The van der Waals surface area contributed by atoms with E-state index in [0.717, 1.165) is 46.7 Å². The van der Waals surface area contributed by atoms with Crippen LogP contribution in [0.25, 0.3) is 16.9 Å². The highest BCUT2D eigenvalue weighted by Gasteiger charge is 2.15. The van der Waals surface area contributed by atoms with Crippen LogP contribution in [0.2, 0.25) is 0 Å². The number of hydrogen-bond donors (Lipinski definition) is 1. The van der Waals surface area contributed by atoms with E-state index in [9.17, 15) is 0 Å². The molecule has 6 heteroatoms. The minimum atomic E-state index is 0.312. The Morgan fingerprint density at radius 1 is 1.00 bits per heavy atom. The summed E-state index contributed by atoms with van der Waals surface area (Å²) in [6, 6.07) is 14.0. The summed E-state index contributed by atoms with van der Waals surface area (Å²) in [5.74, 6) is 2.29. The van der Waals surface area contributed by atoms with Gasteiger partial charge in [0.15, 0.2) is 5.65 Å². The summed E-state index contributed by atoms with van der Waals surface area (Å²) in [6.07, 6.45) is 13.3. The molecular formula is C25H27N5O. The van der Waals surface area contributed by atoms with Crippen molar-refractivity contribution in [2.45, 2.75) is 51.6 Å². The largest absolute Gasteiger partial charge is 0.490 e. The molecule has 6 nitrogen and oxygen atoms in total. The monoisotopic (exact) mass is 413 g/mol. The molecule has 1 aliphatic carbocycles. The van der Waals surface area contributed by atoms with Gasteiger partial charge in [0, 0.05) is 35.7 Å². The highest BCUT2D eigenvalue weighted by atomic mass is 16.5. The number of fused-ring (bicyclic) bond motifs is 1. The Kier molecular flexibility index (Phi) is 5.52. The lowest BCUT2D eigenvalue weighted by Gasteiger charge is -2.18. The number of rotatable bonds is 5. The summed E-state index contributed by atoms with van der Waals surface area (Å²) in [7, 11) is 0. The van der Waals surface area contributed by atoms with E-state index in [1.807, 2.05) is 41.2 Å². The molecule has 3 heterocycles. The number of anilines is 2. The number of ether oxygens (including phenoxy) is 1. The Hall–Kier alpha value is -3.41. The highest BCUT2D eigenvalue weighted by molar-refractivity contribution is 5.78. The average molecular weight is 414 g/mol. The topological polar surface area (TPSA) is 64.9 Å². The summed E-state index contributed by atoms with van der Waals surface area (Å²) in [5, 5.41) is 4.36. The third-order valence-electron chi connectivity index (χ3n) is 5.88. The molecule has 0 radical (unpaired) electrons. The number of hydrogen-bond acceptors (Lipinski definition) is 5. The minimum Gasteiger partial charge on any atom is -0.490 e. The molecule has 1 aromatic carbocycles. The van der Waals surface area contributed by atoms with Crippen molar-refractivity contribution in [1.29, 1.82) is 0 Å². The second-order valence-corrected chi connectivity index (χ2v) is 8.18. The summed E-state index contributed by atoms with van der Waals surface area (Å²) in [4.78, 5) is 13.7. The number of nitrogens with zero attached hydrogens (tertiary/aromatic N) is 4. The van der Waals surface area contributed by atoms with E-state index in [1.54, 1.807) is 6.20 Å². The summed E-state index contributed by atoms with van der Waals surface area (Å²) >= 11 is 0. The van der Waals surface area contributed by atoms with Gasteiger partial charge in [-0.15, -0.1) is 0 Å². The van der Waals surface area contributed by atoms with Gasteiger partial charge in [-0.05, 0) is 62.4 Å². The lowest BCUT2D eigenvalue weighted by Crippen LogP contribution is -2.15. The Morgan fingerprint density at radius 3 is 2.68 bits per heavy atom. The van der Waals surface area contributed by atoms with Gasteiger partial charge in [-0.3, -0.25) is 4.57 Å². The van der Waals surface area contributed by atoms with Crippen molar-refractivity contribution in [2.75, 3.05) is 5.32 Å². The van der Waals surface area contributed by atoms with Gasteiger partial charge in [-0.2, -0.15) is 4.98 Å². The first-order valence-electron chi connectivity index (χ1n) is 11.1. The molecule has 0 aliphatic heterocycles. The van der Waals surface area contributed by atoms with E-state index in [2.05, 4.69) is 40.4 Å². The predicted molar refractivity (Wildman–Crippen MR) is 123 cm³/mol. The molecule has 0 unspecified atom stereocenters. The molecule has 4 aromatic rings. The fraction of sp³-hybridized carbons (Fsp3) is 0.320. The van der Waals surface area contributed by atoms with Crippen LogP contribution >= 0.6 is 0 Å². The Bertz CT molecular complexity index is 1160. The standard InChI is InChI=1S/C25H27N5O/c1-18-11-12-21(31-20-8-4-2-3-5-9-20)16-22(18)28-25-27-17-19-13-15-30(24(19)29-25)23-10-6-7-14-26-23/h6-7,10-17,20H,2-5,8-9H2,1H3,(H,27,28,29). The lowest BCUT2D eigenvalue weighted by molar-refractivity contribution is 0.184. The highest BCUT2D eigenvalue weighted by Crippen LogP contribution is 2.28. The molecule has 1 N–H and O–H groups in total. The maximum atomic E-state index is 6.31. The smallest absolute Gasteiger partial charge is 0.229 e. The molecule has 0 amide bonds. The van der Waals surface area contributed by atoms with Crippen LogP contribution < -0.4 is 10.1 Å². The van der Waals surface area contributed by atoms with E-state index in [-0.39, 0.29) is 0 Å². The van der Waals surface area contributed by atoms with Crippen LogP contribution in [0.15, 0.2) is 61.1 Å². The Labute approximate surface area is 182 Å². The molecule has 0 saturated heterocycles. The van der Waals surface area contributed by atoms with Gasteiger partial charge in [0.1, 0.15) is 11.6 Å². The van der Waals surface area contributed by atoms with E-state index in [4.69, 9.17) is 9.72 Å². The van der Waals surface area contributed by atoms with Gasteiger partial charge in [-0.1, -0.05) is 25.0 Å². The van der Waals surface area contributed by atoms with Crippen LogP contribution in [-0.2, 0) is 0 Å². The zero-order chi connectivity index (χ0) is 21.0. The van der Waals surface area contributed by atoms with E-state index in [1.165, 1.54) is 25.7 Å². The molecule has 1 aliphatic rings. The molecule has 1 fully saturated rings. The molecule has 158 valence electrons. The van der Waals surface area contributed by atoms with E-state index >= 15 is 0 Å². The number of nitrogens with one attached hydrogen (secondary N) is 1. The zero-order valence-corrected chi connectivity index (χ0v) is 17.8.